The molecule has 0 aromatic carbocycles. The van der Waals surface area contributed by atoms with E-state index >= 15 is 0 Å². The summed E-state index contributed by atoms with van der Waals surface area (Å²) >= 11 is 11.7. The standard InChI is InChI=1S/C12H12Cl2N4O/c1-7(2)18-10(5-6-15-18)17-12(19)11-8(13)3-4-9(14)16-11/h3-7H,1-2H3,(H,17,19). The smallest absolute Gasteiger partial charge is 0.277 e. The van der Waals surface area contributed by atoms with Crippen molar-refractivity contribution in [3.05, 3.63) is 40.3 Å². The first-order valence-corrected chi connectivity index (χ1v) is 6.41. The van der Waals surface area contributed by atoms with Gasteiger partial charge in [0.05, 0.1) is 11.2 Å². The number of carbonyl (C=O) groups excluding carboxylic acids is 1. The Labute approximate surface area is 120 Å². The predicted octanol–water partition coefficient (Wildman–Crippen LogP) is 3.42. The highest BCUT2D eigenvalue weighted by Crippen LogP contribution is 2.19. The zero-order valence-electron chi connectivity index (χ0n) is 10.4. The summed E-state index contributed by atoms with van der Waals surface area (Å²) in [7, 11) is 0. The van der Waals surface area contributed by atoms with Gasteiger partial charge in [-0.1, -0.05) is 23.2 Å². The molecule has 19 heavy (non-hydrogen) atoms. The molecule has 0 unspecified atom stereocenters. The first-order chi connectivity index (χ1) is 8.99. The number of amides is 1. The lowest BCUT2D eigenvalue weighted by Crippen LogP contribution is -2.18. The van der Waals surface area contributed by atoms with Crippen LogP contribution in [0.2, 0.25) is 10.2 Å². The second-order valence-electron chi connectivity index (χ2n) is 4.17. The summed E-state index contributed by atoms with van der Waals surface area (Å²) in [6, 6.07) is 4.90. The van der Waals surface area contributed by atoms with Gasteiger partial charge in [-0.25, -0.2) is 9.67 Å². The highest BCUT2D eigenvalue weighted by atomic mass is 35.5. The van der Waals surface area contributed by atoms with Crippen molar-refractivity contribution < 1.29 is 4.79 Å². The van der Waals surface area contributed by atoms with Crippen LogP contribution in [0, 0.1) is 0 Å². The van der Waals surface area contributed by atoms with E-state index in [1.807, 2.05) is 13.8 Å². The normalized spacial score (nSPS) is 10.8. The minimum absolute atomic E-state index is 0.0886. The van der Waals surface area contributed by atoms with Gasteiger partial charge in [-0.3, -0.25) is 4.79 Å². The van der Waals surface area contributed by atoms with Crippen LogP contribution in [0.1, 0.15) is 30.4 Å². The van der Waals surface area contributed by atoms with Crippen molar-refractivity contribution in [2.75, 3.05) is 5.32 Å². The molecular formula is C12H12Cl2N4O. The minimum Gasteiger partial charge on any atom is -0.305 e. The van der Waals surface area contributed by atoms with Crippen molar-refractivity contribution in [2.45, 2.75) is 19.9 Å². The average molecular weight is 299 g/mol. The number of rotatable bonds is 3. The molecule has 0 spiro atoms. The molecule has 0 bridgehead atoms. The van der Waals surface area contributed by atoms with Crippen LogP contribution in [0.3, 0.4) is 0 Å². The highest BCUT2D eigenvalue weighted by Gasteiger charge is 2.15. The molecule has 0 aliphatic heterocycles. The molecule has 7 heteroatoms. The molecule has 2 heterocycles. The van der Waals surface area contributed by atoms with E-state index in [0.717, 1.165) is 0 Å². The van der Waals surface area contributed by atoms with Gasteiger partial charge in [0.2, 0.25) is 0 Å². The van der Waals surface area contributed by atoms with Crippen LogP contribution < -0.4 is 5.32 Å². The van der Waals surface area contributed by atoms with Crippen LogP contribution in [0.25, 0.3) is 0 Å². The van der Waals surface area contributed by atoms with Crippen molar-refractivity contribution in [3.8, 4) is 0 Å². The van der Waals surface area contributed by atoms with Crippen molar-refractivity contribution in [1.29, 1.82) is 0 Å². The quantitative estimate of drug-likeness (QED) is 0.883. The van der Waals surface area contributed by atoms with Gasteiger partial charge < -0.3 is 5.32 Å². The van der Waals surface area contributed by atoms with Crippen molar-refractivity contribution in [1.82, 2.24) is 14.8 Å². The number of hydrogen-bond acceptors (Lipinski definition) is 3. The number of pyridine rings is 1. The van der Waals surface area contributed by atoms with Gasteiger partial charge in [-0.05, 0) is 26.0 Å². The van der Waals surface area contributed by atoms with Crippen molar-refractivity contribution in [3.63, 3.8) is 0 Å². The molecule has 1 amide bonds. The van der Waals surface area contributed by atoms with E-state index in [9.17, 15) is 4.79 Å². The second-order valence-corrected chi connectivity index (χ2v) is 4.97. The predicted molar refractivity (Wildman–Crippen MR) is 74.8 cm³/mol. The Morgan fingerprint density at radius 1 is 1.32 bits per heavy atom. The maximum absolute atomic E-state index is 12.1. The van der Waals surface area contributed by atoms with Gasteiger partial charge in [-0.15, -0.1) is 0 Å². The molecule has 100 valence electrons. The molecular weight excluding hydrogens is 287 g/mol. The summed E-state index contributed by atoms with van der Waals surface area (Å²) < 4.78 is 1.69. The van der Waals surface area contributed by atoms with Crippen molar-refractivity contribution in [2.24, 2.45) is 0 Å². The van der Waals surface area contributed by atoms with Gasteiger partial charge in [0.1, 0.15) is 16.7 Å². The summed E-state index contributed by atoms with van der Waals surface area (Å²) in [4.78, 5) is 16.0. The molecule has 0 fully saturated rings. The number of nitrogens with one attached hydrogen (secondary N) is 1. The van der Waals surface area contributed by atoms with Crippen LogP contribution in [-0.2, 0) is 0 Å². The van der Waals surface area contributed by atoms with E-state index in [4.69, 9.17) is 23.2 Å². The molecule has 2 rings (SSSR count). The Morgan fingerprint density at radius 2 is 2.05 bits per heavy atom. The van der Waals surface area contributed by atoms with Crippen LogP contribution in [0.4, 0.5) is 5.82 Å². The van der Waals surface area contributed by atoms with Crippen LogP contribution in [-0.4, -0.2) is 20.7 Å². The Morgan fingerprint density at radius 3 is 2.74 bits per heavy atom. The Balaban J connectivity index is 2.26. The largest absolute Gasteiger partial charge is 0.305 e. The lowest BCUT2D eigenvalue weighted by molar-refractivity contribution is 0.102. The molecule has 0 radical (unpaired) electrons. The van der Waals surface area contributed by atoms with Gasteiger partial charge in [-0.2, -0.15) is 5.10 Å². The fourth-order valence-electron chi connectivity index (χ4n) is 1.58. The Bertz CT molecular complexity index is 610. The second kappa shape index (κ2) is 5.59. The first-order valence-electron chi connectivity index (χ1n) is 5.66. The maximum Gasteiger partial charge on any atom is 0.277 e. The van der Waals surface area contributed by atoms with Crippen LogP contribution >= 0.6 is 23.2 Å². The topological polar surface area (TPSA) is 59.8 Å². The molecule has 5 nitrogen and oxygen atoms in total. The molecule has 0 aliphatic rings. The van der Waals surface area contributed by atoms with E-state index in [2.05, 4.69) is 15.4 Å². The zero-order valence-corrected chi connectivity index (χ0v) is 11.9. The highest BCUT2D eigenvalue weighted by molar-refractivity contribution is 6.35. The van der Waals surface area contributed by atoms with E-state index in [1.165, 1.54) is 12.1 Å². The summed E-state index contributed by atoms with van der Waals surface area (Å²) in [5.41, 5.74) is 0.0886. The number of anilines is 1. The first kappa shape index (κ1) is 13.8. The van der Waals surface area contributed by atoms with Gasteiger partial charge >= 0.3 is 0 Å². The number of halogens is 2. The monoisotopic (exact) mass is 298 g/mol. The molecule has 2 aromatic rings. The fraction of sp³-hybridized carbons (Fsp3) is 0.250. The number of hydrogen-bond donors (Lipinski definition) is 1. The molecule has 0 atom stereocenters. The maximum atomic E-state index is 12.1. The lowest BCUT2D eigenvalue weighted by atomic mass is 10.3. The molecule has 0 saturated carbocycles. The van der Waals surface area contributed by atoms with Crippen molar-refractivity contribution >= 4 is 34.9 Å². The minimum atomic E-state index is -0.421. The molecule has 1 N–H and O–H groups in total. The zero-order chi connectivity index (χ0) is 14.0. The molecule has 0 saturated heterocycles. The van der Waals surface area contributed by atoms with Gasteiger partial charge in [0, 0.05) is 12.1 Å². The SMILES string of the molecule is CC(C)n1nccc1NC(=O)c1nc(Cl)ccc1Cl. The number of carbonyl (C=O) groups is 1. The van der Waals surface area contributed by atoms with E-state index < -0.39 is 5.91 Å². The van der Waals surface area contributed by atoms with Gasteiger partial charge in [0.15, 0.2) is 0 Å². The van der Waals surface area contributed by atoms with Crippen LogP contribution in [0.5, 0.6) is 0 Å². The average Bonchev–Trinajstić information content (AvgIpc) is 2.80. The Hall–Kier alpha value is -1.59. The molecule has 0 aliphatic carbocycles. The summed E-state index contributed by atoms with van der Waals surface area (Å²) in [6.07, 6.45) is 1.61. The number of aromatic nitrogens is 3. The lowest BCUT2D eigenvalue weighted by Gasteiger charge is -2.11. The van der Waals surface area contributed by atoms with E-state index in [-0.39, 0.29) is 21.9 Å². The van der Waals surface area contributed by atoms with Gasteiger partial charge in [0.25, 0.3) is 5.91 Å². The Kier molecular flexibility index (Phi) is 4.07. The third-order valence-electron chi connectivity index (χ3n) is 2.43. The molecule has 2 aromatic heterocycles. The van der Waals surface area contributed by atoms with E-state index in [0.29, 0.717) is 5.82 Å². The third kappa shape index (κ3) is 3.05. The third-order valence-corrected chi connectivity index (χ3v) is 2.94. The summed E-state index contributed by atoms with van der Waals surface area (Å²) in [5, 5.41) is 7.30. The van der Waals surface area contributed by atoms with E-state index in [1.54, 1.807) is 16.9 Å². The number of nitrogens with zero attached hydrogens (tertiary/aromatic N) is 3. The fourth-order valence-corrected chi connectivity index (χ4v) is 1.92. The summed E-state index contributed by atoms with van der Waals surface area (Å²) in [6.45, 7) is 3.93. The van der Waals surface area contributed by atoms with Crippen LogP contribution in [0.15, 0.2) is 24.4 Å². The summed E-state index contributed by atoms with van der Waals surface area (Å²) in [5.74, 6) is 0.160.